The van der Waals surface area contributed by atoms with Crippen molar-refractivity contribution in [2.75, 3.05) is 6.54 Å². The second-order valence-corrected chi connectivity index (χ2v) is 7.39. The summed E-state index contributed by atoms with van der Waals surface area (Å²) in [7, 11) is 0. The van der Waals surface area contributed by atoms with Gasteiger partial charge in [-0.15, -0.1) is 0 Å². The molecule has 0 fully saturated rings. The summed E-state index contributed by atoms with van der Waals surface area (Å²) in [6.07, 6.45) is 3.13. The molecule has 0 aliphatic rings. The number of carbonyl (C=O) groups excluding carboxylic acids is 1. The maximum absolute atomic E-state index is 12.6. The van der Waals surface area contributed by atoms with E-state index < -0.39 is 0 Å². The number of hydrogen-bond donors (Lipinski definition) is 2. The first-order valence-electron chi connectivity index (χ1n) is 9.29. The van der Waals surface area contributed by atoms with Crippen LogP contribution in [0.2, 0.25) is 0 Å². The Kier molecular flexibility index (Phi) is 5.86. The Morgan fingerprint density at radius 1 is 1.10 bits per heavy atom. The van der Waals surface area contributed by atoms with E-state index in [1.807, 2.05) is 48.5 Å². The van der Waals surface area contributed by atoms with Crippen LogP contribution in [-0.2, 0) is 6.42 Å². The maximum Gasteiger partial charge on any atom is 0.256 e. The van der Waals surface area contributed by atoms with Crippen LogP contribution in [0.4, 0.5) is 0 Å². The van der Waals surface area contributed by atoms with Gasteiger partial charge in [0.2, 0.25) is 5.88 Å². The van der Waals surface area contributed by atoms with Crippen LogP contribution in [0.1, 0.15) is 22.6 Å². The number of pyridine rings is 1. The first-order valence-corrected chi connectivity index (χ1v) is 10.1. The number of para-hydroxylation sites is 2. The van der Waals surface area contributed by atoms with Crippen molar-refractivity contribution in [1.82, 2.24) is 20.3 Å². The zero-order valence-electron chi connectivity index (χ0n) is 15.6. The maximum atomic E-state index is 12.6. The fourth-order valence-corrected chi connectivity index (χ4v) is 3.34. The molecule has 0 unspecified atom stereocenters. The number of aryl methyl sites for hydroxylation is 1. The fraction of sp³-hybridized carbons (Fsp3) is 0.136. The van der Waals surface area contributed by atoms with Crippen molar-refractivity contribution in [3.8, 4) is 11.6 Å². The van der Waals surface area contributed by atoms with E-state index in [-0.39, 0.29) is 11.8 Å². The molecule has 0 spiro atoms. The average molecular weight is 451 g/mol. The summed E-state index contributed by atoms with van der Waals surface area (Å²) in [5.41, 5.74) is 2.38. The molecule has 0 bridgehead atoms. The third-order valence-electron chi connectivity index (χ3n) is 4.34. The summed E-state index contributed by atoms with van der Waals surface area (Å²) >= 11 is 3.41. The Morgan fingerprint density at radius 2 is 2.00 bits per heavy atom. The molecule has 0 radical (unpaired) electrons. The number of aromatic nitrogens is 3. The Morgan fingerprint density at radius 3 is 2.86 bits per heavy atom. The van der Waals surface area contributed by atoms with Crippen molar-refractivity contribution in [3.63, 3.8) is 0 Å². The number of amides is 1. The molecule has 0 aliphatic carbocycles. The van der Waals surface area contributed by atoms with Crippen molar-refractivity contribution in [1.29, 1.82) is 0 Å². The predicted octanol–water partition coefficient (Wildman–Crippen LogP) is 4.88. The molecule has 2 aromatic heterocycles. The average Bonchev–Trinajstić information content (AvgIpc) is 3.14. The minimum Gasteiger partial charge on any atom is -0.438 e. The lowest BCUT2D eigenvalue weighted by atomic mass is 10.2. The van der Waals surface area contributed by atoms with E-state index in [2.05, 4.69) is 36.2 Å². The number of imidazole rings is 1. The van der Waals surface area contributed by atoms with Gasteiger partial charge in [0.05, 0.1) is 11.0 Å². The third-order valence-corrected chi connectivity index (χ3v) is 4.83. The summed E-state index contributed by atoms with van der Waals surface area (Å²) in [4.78, 5) is 24.7. The topological polar surface area (TPSA) is 79.9 Å². The van der Waals surface area contributed by atoms with Gasteiger partial charge in [-0.05, 0) is 48.9 Å². The van der Waals surface area contributed by atoms with Gasteiger partial charge in [-0.2, -0.15) is 0 Å². The lowest BCUT2D eigenvalue weighted by Crippen LogP contribution is -2.25. The molecule has 7 heteroatoms. The quantitative estimate of drug-likeness (QED) is 0.393. The highest BCUT2D eigenvalue weighted by molar-refractivity contribution is 9.10. The molecule has 2 aromatic carbocycles. The molecule has 6 nitrogen and oxygen atoms in total. The number of halogens is 1. The summed E-state index contributed by atoms with van der Waals surface area (Å²) in [6.45, 7) is 0.529. The molecule has 0 saturated carbocycles. The molecule has 0 saturated heterocycles. The van der Waals surface area contributed by atoms with E-state index in [0.29, 0.717) is 17.9 Å². The standard InChI is InChI=1S/C22H19BrN4O2/c23-15-6-3-7-16(14-15)29-22-17(8-4-13-25-22)21(28)24-12-5-11-20-26-18-9-1-2-10-19(18)27-20/h1-4,6-10,13-14H,5,11-12H2,(H,24,28)(H,26,27). The first-order chi connectivity index (χ1) is 14.2. The third kappa shape index (κ3) is 4.81. The van der Waals surface area contributed by atoms with Gasteiger partial charge >= 0.3 is 0 Å². The zero-order chi connectivity index (χ0) is 20.1. The molecular formula is C22H19BrN4O2. The number of benzene rings is 2. The normalized spacial score (nSPS) is 10.8. The molecule has 1 amide bonds. The van der Waals surface area contributed by atoms with Crippen LogP contribution in [0, 0.1) is 0 Å². The van der Waals surface area contributed by atoms with Crippen LogP contribution < -0.4 is 10.1 Å². The number of nitrogens with zero attached hydrogens (tertiary/aromatic N) is 2. The van der Waals surface area contributed by atoms with Gasteiger partial charge in [0, 0.05) is 23.6 Å². The lowest BCUT2D eigenvalue weighted by Gasteiger charge is -2.10. The number of ether oxygens (including phenoxy) is 1. The summed E-state index contributed by atoms with van der Waals surface area (Å²) in [5, 5.41) is 2.93. The Bertz CT molecular complexity index is 1110. The Balaban J connectivity index is 1.35. The molecule has 29 heavy (non-hydrogen) atoms. The number of carbonyl (C=O) groups is 1. The molecular weight excluding hydrogens is 432 g/mol. The van der Waals surface area contributed by atoms with Crippen molar-refractivity contribution >= 4 is 32.9 Å². The summed E-state index contributed by atoms with van der Waals surface area (Å²) in [5.74, 6) is 1.59. The van der Waals surface area contributed by atoms with Crippen LogP contribution in [0.5, 0.6) is 11.6 Å². The van der Waals surface area contributed by atoms with Gasteiger partial charge in [0.15, 0.2) is 0 Å². The van der Waals surface area contributed by atoms with E-state index in [0.717, 1.165) is 34.2 Å². The largest absolute Gasteiger partial charge is 0.438 e. The molecule has 4 aromatic rings. The molecule has 2 N–H and O–H groups in total. The van der Waals surface area contributed by atoms with E-state index in [1.165, 1.54) is 0 Å². The number of H-pyrrole nitrogens is 1. The summed E-state index contributed by atoms with van der Waals surface area (Å²) < 4.78 is 6.70. The Hall–Kier alpha value is -3.19. The monoisotopic (exact) mass is 450 g/mol. The second-order valence-electron chi connectivity index (χ2n) is 6.48. The van der Waals surface area contributed by atoms with Gasteiger partial charge < -0.3 is 15.0 Å². The number of hydrogen-bond acceptors (Lipinski definition) is 4. The van der Waals surface area contributed by atoms with Gasteiger partial charge in [-0.1, -0.05) is 34.1 Å². The first kappa shape index (κ1) is 19.1. The minimum atomic E-state index is -0.215. The smallest absolute Gasteiger partial charge is 0.256 e. The van der Waals surface area contributed by atoms with Crippen molar-refractivity contribution < 1.29 is 9.53 Å². The van der Waals surface area contributed by atoms with E-state index >= 15 is 0 Å². The molecule has 0 aliphatic heterocycles. The molecule has 4 rings (SSSR count). The highest BCUT2D eigenvalue weighted by Crippen LogP contribution is 2.25. The van der Waals surface area contributed by atoms with Gasteiger partial charge in [-0.25, -0.2) is 9.97 Å². The number of fused-ring (bicyclic) bond motifs is 1. The Labute approximate surface area is 176 Å². The van der Waals surface area contributed by atoms with Crippen molar-refractivity contribution in [2.24, 2.45) is 0 Å². The van der Waals surface area contributed by atoms with Crippen LogP contribution in [0.3, 0.4) is 0 Å². The highest BCUT2D eigenvalue weighted by Gasteiger charge is 2.14. The lowest BCUT2D eigenvalue weighted by molar-refractivity contribution is 0.0950. The molecule has 2 heterocycles. The van der Waals surface area contributed by atoms with Gasteiger partial charge in [0.1, 0.15) is 17.1 Å². The van der Waals surface area contributed by atoms with Gasteiger partial charge in [0.25, 0.3) is 5.91 Å². The van der Waals surface area contributed by atoms with Crippen LogP contribution in [-0.4, -0.2) is 27.4 Å². The highest BCUT2D eigenvalue weighted by atomic mass is 79.9. The minimum absolute atomic E-state index is 0.215. The number of aromatic amines is 1. The van der Waals surface area contributed by atoms with E-state index in [1.54, 1.807) is 18.3 Å². The number of nitrogens with one attached hydrogen (secondary N) is 2. The van der Waals surface area contributed by atoms with Crippen molar-refractivity contribution in [3.05, 3.63) is 82.7 Å². The SMILES string of the molecule is O=C(NCCCc1nc2ccccc2[nH]1)c1cccnc1Oc1cccc(Br)c1. The predicted molar refractivity (Wildman–Crippen MR) is 115 cm³/mol. The van der Waals surface area contributed by atoms with Crippen LogP contribution >= 0.6 is 15.9 Å². The van der Waals surface area contributed by atoms with Crippen LogP contribution in [0.15, 0.2) is 71.3 Å². The second kappa shape index (κ2) is 8.87. The van der Waals surface area contributed by atoms with E-state index in [4.69, 9.17) is 4.74 Å². The van der Waals surface area contributed by atoms with Crippen molar-refractivity contribution in [2.45, 2.75) is 12.8 Å². The molecule has 146 valence electrons. The fourth-order valence-electron chi connectivity index (χ4n) is 2.96. The number of rotatable bonds is 7. The summed E-state index contributed by atoms with van der Waals surface area (Å²) in [6, 6.07) is 18.8. The zero-order valence-corrected chi connectivity index (χ0v) is 17.1. The van der Waals surface area contributed by atoms with E-state index in [9.17, 15) is 4.79 Å². The van der Waals surface area contributed by atoms with Crippen LogP contribution in [0.25, 0.3) is 11.0 Å². The van der Waals surface area contributed by atoms with Gasteiger partial charge in [-0.3, -0.25) is 4.79 Å². The molecule has 0 atom stereocenters.